The first-order chi connectivity index (χ1) is 7.83. The minimum Gasteiger partial charge on any atom is -0.385 e. The summed E-state index contributed by atoms with van der Waals surface area (Å²) in [6.07, 6.45) is 4.28. The molecule has 0 N–H and O–H groups in total. The summed E-state index contributed by atoms with van der Waals surface area (Å²) in [5, 5.41) is 0.885. The maximum absolute atomic E-state index is 12.0. The highest BCUT2D eigenvalue weighted by Gasteiger charge is 2.02. The third kappa shape index (κ3) is 2.12. The van der Waals surface area contributed by atoms with E-state index < -0.39 is 0 Å². The number of methoxy groups -OCH3 is 1. The topological polar surface area (TPSA) is 44.1 Å². The molecule has 0 atom stereocenters. The number of rotatable bonds is 4. The van der Waals surface area contributed by atoms with Crippen LogP contribution in [-0.4, -0.2) is 23.3 Å². The zero-order chi connectivity index (χ0) is 11.4. The standard InChI is InChI=1S/C12H14N2O2/c1-16-9-3-7-14-8-5-10-4-2-6-13-11(10)12(14)15/h2,4-6,8H,3,7,9H2,1H3. The third-order valence-electron chi connectivity index (χ3n) is 2.48. The largest absolute Gasteiger partial charge is 0.385 e. The van der Waals surface area contributed by atoms with Crippen LogP contribution in [0.5, 0.6) is 0 Å². The van der Waals surface area contributed by atoms with Crippen molar-refractivity contribution in [3.8, 4) is 0 Å². The minimum atomic E-state index is -0.0331. The van der Waals surface area contributed by atoms with Crippen LogP contribution in [0.1, 0.15) is 6.42 Å². The van der Waals surface area contributed by atoms with E-state index in [0.717, 1.165) is 11.8 Å². The van der Waals surface area contributed by atoms with Gasteiger partial charge in [0.1, 0.15) is 5.52 Å². The summed E-state index contributed by atoms with van der Waals surface area (Å²) < 4.78 is 6.63. The number of nitrogens with zero attached hydrogens (tertiary/aromatic N) is 2. The molecule has 0 aromatic carbocycles. The van der Waals surface area contributed by atoms with Gasteiger partial charge in [0, 0.05) is 38.0 Å². The Morgan fingerprint density at radius 2 is 2.31 bits per heavy atom. The van der Waals surface area contributed by atoms with Gasteiger partial charge in [-0.15, -0.1) is 0 Å². The Balaban J connectivity index is 2.33. The molecule has 0 bridgehead atoms. The summed E-state index contributed by atoms with van der Waals surface area (Å²) in [6, 6.07) is 5.64. The Bertz CT molecular complexity index is 534. The lowest BCUT2D eigenvalue weighted by atomic mass is 10.2. The number of fused-ring (bicyclic) bond motifs is 1. The van der Waals surface area contributed by atoms with E-state index in [1.54, 1.807) is 17.9 Å². The van der Waals surface area contributed by atoms with Crippen molar-refractivity contribution in [1.82, 2.24) is 9.55 Å². The second kappa shape index (κ2) is 4.90. The first-order valence-corrected chi connectivity index (χ1v) is 5.26. The Morgan fingerprint density at radius 3 is 3.12 bits per heavy atom. The summed E-state index contributed by atoms with van der Waals surface area (Å²) in [6.45, 7) is 1.33. The molecule has 0 aliphatic carbocycles. The summed E-state index contributed by atoms with van der Waals surface area (Å²) in [7, 11) is 1.66. The quantitative estimate of drug-likeness (QED) is 0.729. The molecule has 4 nitrogen and oxygen atoms in total. The lowest BCUT2D eigenvalue weighted by molar-refractivity contribution is 0.190. The zero-order valence-electron chi connectivity index (χ0n) is 9.22. The molecule has 2 heterocycles. The number of pyridine rings is 2. The predicted octanol–water partition coefficient (Wildman–Crippen LogP) is 1.43. The van der Waals surface area contributed by atoms with Crippen molar-refractivity contribution in [2.24, 2.45) is 0 Å². The molecule has 0 aliphatic heterocycles. The van der Waals surface area contributed by atoms with Crippen LogP contribution in [0.25, 0.3) is 10.9 Å². The van der Waals surface area contributed by atoms with E-state index >= 15 is 0 Å². The van der Waals surface area contributed by atoms with E-state index in [2.05, 4.69) is 4.98 Å². The molecule has 0 saturated heterocycles. The fraction of sp³-hybridized carbons (Fsp3) is 0.333. The molecule has 2 aromatic rings. The smallest absolute Gasteiger partial charge is 0.277 e. The molecule has 0 saturated carbocycles. The van der Waals surface area contributed by atoms with Crippen molar-refractivity contribution in [3.05, 3.63) is 40.9 Å². The molecule has 2 rings (SSSR count). The van der Waals surface area contributed by atoms with Crippen molar-refractivity contribution in [2.75, 3.05) is 13.7 Å². The summed E-state index contributed by atoms with van der Waals surface area (Å²) in [5.41, 5.74) is 0.497. The number of aryl methyl sites for hydroxylation is 1. The Kier molecular flexibility index (Phi) is 3.31. The van der Waals surface area contributed by atoms with Gasteiger partial charge in [-0.25, -0.2) is 0 Å². The van der Waals surface area contributed by atoms with Gasteiger partial charge < -0.3 is 9.30 Å². The van der Waals surface area contributed by atoms with Crippen LogP contribution in [0.15, 0.2) is 35.4 Å². The number of hydrogen-bond donors (Lipinski definition) is 0. The lowest BCUT2D eigenvalue weighted by Crippen LogP contribution is -2.20. The fourth-order valence-electron chi connectivity index (χ4n) is 1.66. The highest BCUT2D eigenvalue weighted by Crippen LogP contribution is 2.05. The molecule has 0 aliphatic rings. The van der Waals surface area contributed by atoms with Crippen LogP contribution in [0, 0.1) is 0 Å². The normalized spacial score (nSPS) is 10.8. The molecule has 0 amide bonds. The van der Waals surface area contributed by atoms with E-state index in [0.29, 0.717) is 18.7 Å². The van der Waals surface area contributed by atoms with Crippen molar-refractivity contribution >= 4 is 10.9 Å². The van der Waals surface area contributed by atoms with Crippen LogP contribution in [0.2, 0.25) is 0 Å². The molecule has 0 radical (unpaired) electrons. The van der Waals surface area contributed by atoms with Gasteiger partial charge in [-0.05, 0) is 18.6 Å². The van der Waals surface area contributed by atoms with Crippen LogP contribution in [-0.2, 0) is 11.3 Å². The van der Waals surface area contributed by atoms with Gasteiger partial charge >= 0.3 is 0 Å². The maximum Gasteiger partial charge on any atom is 0.277 e. The highest BCUT2D eigenvalue weighted by molar-refractivity contribution is 5.76. The fourth-order valence-corrected chi connectivity index (χ4v) is 1.66. The van der Waals surface area contributed by atoms with E-state index in [-0.39, 0.29) is 5.56 Å². The van der Waals surface area contributed by atoms with Crippen molar-refractivity contribution < 1.29 is 4.74 Å². The zero-order valence-corrected chi connectivity index (χ0v) is 9.22. The van der Waals surface area contributed by atoms with E-state index in [1.165, 1.54) is 0 Å². The highest BCUT2D eigenvalue weighted by atomic mass is 16.5. The van der Waals surface area contributed by atoms with Gasteiger partial charge in [0.25, 0.3) is 5.56 Å². The molecule has 84 valence electrons. The summed E-state index contributed by atoms with van der Waals surface area (Å²) in [4.78, 5) is 16.1. The maximum atomic E-state index is 12.0. The monoisotopic (exact) mass is 218 g/mol. The van der Waals surface area contributed by atoms with Crippen LogP contribution in [0.3, 0.4) is 0 Å². The van der Waals surface area contributed by atoms with Crippen molar-refractivity contribution in [2.45, 2.75) is 13.0 Å². The number of ether oxygens (including phenoxy) is 1. The Labute approximate surface area is 93.5 Å². The number of aromatic nitrogens is 2. The molecular weight excluding hydrogens is 204 g/mol. The van der Waals surface area contributed by atoms with Crippen molar-refractivity contribution in [1.29, 1.82) is 0 Å². The van der Waals surface area contributed by atoms with Gasteiger partial charge in [-0.3, -0.25) is 9.78 Å². The molecule has 0 spiro atoms. The molecule has 16 heavy (non-hydrogen) atoms. The molecule has 0 fully saturated rings. The Morgan fingerprint density at radius 1 is 1.44 bits per heavy atom. The Hall–Kier alpha value is -1.68. The minimum absolute atomic E-state index is 0.0331. The first kappa shape index (κ1) is 10.8. The first-order valence-electron chi connectivity index (χ1n) is 5.26. The van der Waals surface area contributed by atoms with Gasteiger partial charge in [0.05, 0.1) is 0 Å². The van der Waals surface area contributed by atoms with Gasteiger partial charge in [0.2, 0.25) is 0 Å². The molecule has 0 unspecified atom stereocenters. The second-order valence-corrected chi connectivity index (χ2v) is 3.60. The predicted molar refractivity (Wildman–Crippen MR) is 62.5 cm³/mol. The van der Waals surface area contributed by atoms with Crippen LogP contribution >= 0.6 is 0 Å². The summed E-state index contributed by atoms with van der Waals surface area (Å²) >= 11 is 0. The SMILES string of the molecule is COCCCn1ccc2cccnc2c1=O. The average molecular weight is 218 g/mol. The van der Waals surface area contributed by atoms with Crippen molar-refractivity contribution in [3.63, 3.8) is 0 Å². The molecule has 2 aromatic heterocycles. The van der Waals surface area contributed by atoms with E-state index in [1.807, 2.05) is 24.4 Å². The van der Waals surface area contributed by atoms with E-state index in [9.17, 15) is 4.79 Å². The second-order valence-electron chi connectivity index (χ2n) is 3.60. The van der Waals surface area contributed by atoms with Gasteiger partial charge in [-0.1, -0.05) is 6.07 Å². The molecular formula is C12H14N2O2. The van der Waals surface area contributed by atoms with Gasteiger partial charge in [0.15, 0.2) is 0 Å². The number of hydrogen-bond acceptors (Lipinski definition) is 3. The molecule has 4 heteroatoms. The van der Waals surface area contributed by atoms with Crippen LogP contribution in [0.4, 0.5) is 0 Å². The van der Waals surface area contributed by atoms with Gasteiger partial charge in [-0.2, -0.15) is 0 Å². The lowest BCUT2D eigenvalue weighted by Gasteiger charge is -2.05. The van der Waals surface area contributed by atoms with Crippen LogP contribution < -0.4 is 5.56 Å². The van der Waals surface area contributed by atoms with E-state index in [4.69, 9.17) is 4.74 Å². The average Bonchev–Trinajstić information content (AvgIpc) is 2.33. The summed E-state index contributed by atoms with van der Waals surface area (Å²) in [5.74, 6) is 0. The third-order valence-corrected chi connectivity index (χ3v) is 2.48.